The Hall–Kier alpha value is -2.82. The molecule has 1 aliphatic heterocycles. The summed E-state index contributed by atoms with van der Waals surface area (Å²) in [6, 6.07) is 14.4. The van der Waals surface area contributed by atoms with Gasteiger partial charge in [0.05, 0.1) is 6.61 Å². The van der Waals surface area contributed by atoms with Gasteiger partial charge in [-0.3, -0.25) is 4.79 Å². The van der Waals surface area contributed by atoms with E-state index < -0.39 is 0 Å². The fourth-order valence-corrected chi connectivity index (χ4v) is 3.73. The lowest BCUT2D eigenvalue weighted by atomic mass is 9.95. The van der Waals surface area contributed by atoms with Gasteiger partial charge < -0.3 is 9.47 Å². The van der Waals surface area contributed by atoms with Crippen LogP contribution in [0, 0.1) is 0 Å². The number of ether oxygens (including phenoxy) is 2. The van der Waals surface area contributed by atoms with Crippen LogP contribution in [0.15, 0.2) is 47.6 Å². The van der Waals surface area contributed by atoms with Crippen LogP contribution in [0.1, 0.15) is 36.0 Å². The molecule has 27 heavy (non-hydrogen) atoms. The van der Waals surface area contributed by atoms with Crippen LogP contribution in [-0.2, 0) is 17.6 Å². The molecule has 0 N–H and O–H groups in total. The predicted octanol–water partition coefficient (Wildman–Crippen LogP) is 3.56. The van der Waals surface area contributed by atoms with Crippen molar-refractivity contribution in [1.82, 2.24) is 5.01 Å². The van der Waals surface area contributed by atoms with Crippen LogP contribution in [-0.4, -0.2) is 36.9 Å². The van der Waals surface area contributed by atoms with Crippen molar-refractivity contribution in [3.05, 3.63) is 59.2 Å². The number of hydrazone groups is 1. The van der Waals surface area contributed by atoms with Gasteiger partial charge in [0.1, 0.15) is 6.10 Å². The van der Waals surface area contributed by atoms with Gasteiger partial charge >= 0.3 is 0 Å². The Morgan fingerprint density at radius 1 is 1.07 bits per heavy atom. The van der Waals surface area contributed by atoms with Gasteiger partial charge in [-0.2, -0.15) is 5.10 Å². The number of amides is 1. The first-order chi connectivity index (χ1) is 13.1. The number of fused-ring (bicyclic) bond motifs is 1. The summed E-state index contributed by atoms with van der Waals surface area (Å²) in [4.78, 5) is 12.0. The molecule has 5 heteroatoms. The van der Waals surface area contributed by atoms with Gasteiger partial charge in [-0.05, 0) is 35.7 Å². The number of hydrogen-bond acceptors (Lipinski definition) is 4. The van der Waals surface area contributed by atoms with Crippen LogP contribution in [0.3, 0.4) is 0 Å². The van der Waals surface area contributed by atoms with E-state index in [1.165, 1.54) is 16.1 Å². The average Bonchev–Trinajstić information content (AvgIpc) is 3.08. The van der Waals surface area contributed by atoms with Crippen molar-refractivity contribution in [2.24, 2.45) is 5.10 Å². The van der Waals surface area contributed by atoms with Crippen LogP contribution < -0.4 is 9.47 Å². The van der Waals surface area contributed by atoms with Crippen LogP contribution in [0.4, 0.5) is 0 Å². The van der Waals surface area contributed by atoms with E-state index in [0.717, 1.165) is 29.9 Å². The average molecular weight is 364 g/mol. The van der Waals surface area contributed by atoms with Crippen molar-refractivity contribution < 1.29 is 14.3 Å². The zero-order valence-electron chi connectivity index (χ0n) is 15.7. The Morgan fingerprint density at radius 2 is 1.81 bits per heavy atom. The lowest BCUT2D eigenvalue weighted by Crippen LogP contribution is -2.28. The molecule has 2 aliphatic rings. The summed E-state index contributed by atoms with van der Waals surface area (Å²) in [5.41, 5.74) is 3.73. The second-order valence-corrected chi connectivity index (χ2v) is 7.05. The normalized spacial score (nSPS) is 19.3. The van der Waals surface area contributed by atoms with Crippen molar-refractivity contribution in [2.75, 3.05) is 13.7 Å². The van der Waals surface area contributed by atoms with Gasteiger partial charge in [0, 0.05) is 38.4 Å². The largest absolute Gasteiger partial charge is 0.490 e. The summed E-state index contributed by atoms with van der Waals surface area (Å²) >= 11 is 0. The second-order valence-electron chi connectivity index (χ2n) is 7.05. The molecule has 0 radical (unpaired) electrons. The van der Waals surface area contributed by atoms with Gasteiger partial charge in [0.2, 0.25) is 5.91 Å². The highest BCUT2D eigenvalue weighted by Crippen LogP contribution is 2.35. The zero-order chi connectivity index (χ0) is 18.8. The molecule has 1 aliphatic carbocycles. The van der Waals surface area contributed by atoms with E-state index in [-0.39, 0.29) is 17.9 Å². The number of carbonyl (C=O) groups excluding carboxylic acids is 1. The molecule has 1 heterocycles. The minimum atomic E-state index is -0.0347. The van der Waals surface area contributed by atoms with E-state index in [2.05, 4.69) is 29.4 Å². The molecular formula is C22H24N2O3. The molecule has 0 fully saturated rings. The first-order valence-electron chi connectivity index (χ1n) is 9.45. The maximum absolute atomic E-state index is 12.0. The third kappa shape index (κ3) is 3.68. The number of rotatable bonds is 5. The van der Waals surface area contributed by atoms with Crippen LogP contribution >= 0.6 is 0 Å². The smallest absolute Gasteiger partial charge is 0.243 e. The van der Waals surface area contributed by atoms with E-state index in [1.807, 2.05) is 31.3 Å². The van der Waals surface area contributed by atoms with Gasteiger partial charge in [0.25, 0.3) is 0 Å². The Bertz CT molecular complexity index is 853. The van der Waals surface area contributed by atoms with E-state index in [9.17, 15) is 4.79 Å². The lowest BCUT2D eigenvalue weighted by molar-refractivity contribution is -0.130. The van der Waals surface area contributed by atoms with Crippen molar-refractivity contribution in [3.63, 3.8) is 0 Å². The molecule has 0 saturated heterocycles. The van der Waals surface area contributed by atoms with Crippen molar-refractivity contribution in [2.45, 2.75) is 38.2 Å². The molecule has 4 rings (SSSR count). The first kappa shape index (κ1) is 17.6. The summed E-state index contributed by atoms with van der Waals surface area (Å²) in [5, 5.41) is 5.56. The molecule has 1 amide bonds. The number of carbonyl (C=O) groups is 1. The molecule has 140 valence electrons. The lowest BCUT2D eigenvalue weighted by Gasteiger charge is -2.23. The molecule has 2 aromatic carbocycles. The van der Waals surface area contributed by atoms with E-state index in [0.29, 0.717) is 13.0 Å². The van der Waals surface area contributed by atoms with Crippen molar-refractivity contribution in [3.8, 4) is 11.5 Å². The highest BCUT2D eigenvalue weighted by molar-refractivity contribution is 5.86. The summed E-state index contributed by atoms with van der Waals surface area (Å²) in [5.74, 6) is 1.47. The van der Waals surface area contributed by atoms with Gasteiger partial charge in [-0.25, -0.2) is 5.01 Å². The topological polar surface area (TPSA) is 51.1 Å². The number of hydrogen-bond donors (Lipinski definition) is 0. The molecule has 0 aromatic heterocycles. The number of nitrogens with zero attached hydrogens (tertiary/aromatic N) is 2. The molecule has 2 aromatic rings. The fourth-order valence-electron chi connectivity index (χ4n) is 3.73. The first-order valence-corrected chi connectivity index (χ1v) is 9.45. The van der Waals surface area contributed by atoms with Gasteiger partial charge in [0.15, 0.2) is 11.5 Å². The van der Waals surface area contributed by atoms with Crippen LogP contribution in [0.5, 0.6) is 11.5 Å². The third-order valence-electron chi connectivity index (χ3n) is 5.18. The standard InChI is InChI=1S/C22H24N2O3/c1-3-26-20-9-8-17(18-13-22(25)24(2)23-14-18)12-21(20)27-19-10-15-6-4-5-7-16(15)11-19/h4-9,12,14,18-19H,3,10-11,13H2,1-2H3. The monoisotopic (exact) mass is 364 g/mol. The fraction of sp³-hybridized carbons (Fsp3) is 0.364. The molecule has 1 atom stereocenters. The molecule has 0 bridgehead atoms. The summed E-state index contributed by atoms with van der Waals surface area (Å²) < 4.78 is 12.1. The third-order valence-corrected chi connectivity index (χ3v) is 5.18. The minimum absolute atomic E-state index is 0.0186. The maximum atomic E-state index is 12.0. The van der Waals surface area contributed by atoms with E-state index in [4.69, 9.17) is 9.47 Å². The zero-order valence-corrected chi connectivity index (χ0v) is 15.7. The Balaban J connectivity index is 1.57. The van der Waals surface area contributed by atoms with Gasteiger partial charge in [-0.15, -0.1) is 0 Å². The van der Waals surface area contributed by atoms with Crippen LogP contribution in [0.2, 0.25) is 0 Å². The quantitative estimate of drug-likeness (QED) is 0.815. The molecule has 0 spiro atoms. The Labute approximate surface area is 159 Å². The highest BCUT2D eigenvalue weighted by atomic mass is 16.5. The van der Waals surface area contributed by atoms with E-state index in [1.54, 1.807) is 7.05 Å². The molecule has 5 nitrogen and oxygen atoms in total. The molecule has 0 saturated carbocycles. The Kier molecular flexibility index (Phi) is 4.84. The SMILES string of the molecule is CCOc1ccc(C2C=NN(C)C(=O)C2)cc1OC1Cc2ccccc2C1. The van der Waals surface area contributed by atoms with Gasteiger partial charge in [-0.1, -0.05) is 30.3 Å². The number of benzene rings is 2. The van der Waals surface area contributed by atoms with Crippen LogP contribution in [0.25, 0.3) is 0 Å². The highest BCUT2D eigenvalue weighted by Gasteiger charge is 2.26. The summed E-state index contributed by atoms with van der Waals surface area (Å²) in [7, 11) is 1.68. The molecule has 1 unspecified atom stereocenters. The molecular weight excluding hydrogens is 340 g/mol. The van der Waals surface area contributed by atoms with Crippen molar-refractivity contribution in [1.29, 1.82) is 0 Å². The predicted molar refractivity (Wildman–Crippen MR) is 104 cm³/mol. The maximum Gasteiger partial charge on any atom is 0.243 e. The van der Waals surface area contributed by atoms with E-state index >= 15 is 0 Å². The minimum Gasteiger partial charge on any atom is -0.490 e. The second kappa shape index (κ2) is 7.43. The summed E-state index contributed by atoms with van der Waals surface area (Å²) in [6.07, 6.45) is 4.15. The Morgan fingerprint density at radius 3 is 2.48 bits per heavy atom. The van der Waals surface area contributed by atoms with Crippen molar-refractivity contribution >= 4 is 12.1 Å². The summed E-state index contributed by atoms with van der Waals surface area (Å²) in [6.45, 7) is 2.54.